The van der Waals surface area contributed by atoms with Gasteiger partial charge in [0.1, 0.15) is 5.02 Å². The monoisotopic (exact) mass is 188 g/mol. The lowest BCUT2D eigenvalue weighted by Crippen LogP contribution is -1.96. The molecule has 0 aromatic carbocycles. The van der Waals surface area contributed by atoms with Crippen molar-refractivity contribution in [2.24, 2.45) is 0 Å². The van der Waals surface area contributed by atoms with Crippen LogP contribution in [0.4, 0.5) is 5.69 Å². The molecule has 0 spiro atoms. The topological polar surface area (TPSA) is 65.3 Å². The van der Waals surface area contributed by atoms with E-state index in [0.29, 0.717) is 0 Å². The van der Waals surface area contributed by atoms with Crippen LogP contribution in [0.25, 0.3) is 0 Å². The number of pyridine rings is 1. The summed E-state index contributed by atoms with van der Waals surface area (Å²) in [6.07, 6.45) is 1.34. The Labute approximate surface area is 73.1 Å². The summed E-state index contributed by atoms with van der Waals surface area (Å²) in [5.74, 6) is -0.0764. The molecule has 1 rings (SSSR count). The van der Waals surface area contributed by atoms with E-state index in [1.165, 1.54) is 19.4 Å². The van der Waals surface area contributed by atoms with Crippen molar-refractivity contribution in [2.75, 3.05) is 7.11 Å². The third-order valence-corrected chi connectivity index (χ3v) is 1.52. The Morgan fingerprint density at radius 1 is 1.75 bits per heavy atom. The van der Waals surface area contributed by atoms with Crippen molar-refractivity contribution in [1.82, 2.24) is 4.98 Å². The molecule has 0 atom stereocenters. The fraction of sp³-hybridized carbons (Fsp3) is 0.167. The summed E-state index contributed by atoms with van der Waals surface area (Å²) in [5.41, 5.74) is -0.304. The van der Waals surface area contributed by atoms with Crippen molar-refractivity contribution in [3.05, 3.63) is 27.4 Å². The first-order valence-corrected chi connectivity index (χ1v) is 3.37. The Morgan fingerprint density at radius 3 is 2.83 bits per heavy atom. The van der Waals surface area contributed by atoms with Gasteiger partial charge in [-0.05, 0) is 6.07 Å². The minimum absolute atomic E-state index is 0.0202. The van der Waals surface area contributed by atoms with Crippen molar-refractivity contribution < 1.29 is 9.66 Å². The molecule has 1 heterocycles. The molecule has 1 aromatic heterocycles. The van der Waals surface area contributed by atoms with E-state index < -0.39 is 4.92 Å². The molecule has 0 aliphatic rings. The molecule has 6 heteroatoms. The van der Waals surface area contributed by atoms with Crippen LogP contribution in [0.15, 0.2) is 12.3 Å². The zero-order chi connectivity index (χ0) is 9.14. The van der Waals surface area contributed by atoms with E-state index in [0.717, 1.165) is 0 Å². The van der Waals surface area contributed by atoms with E-state index in [9.17, 15) is 10.1 Å². The second-order valence-corrected chi connectivity index (χ2v) is 2.31. The minimum atomic E-state index is -0.631. The fourth-order valence-electron chi connectivity index (χ4n) is 0.727. The number of hydrogen-bond donors (Lipinski definition) is 0. The molecule has 12 heavy (non-hydrogen) atoms. The van der Waals surface area contributed by atoms with E-state index in [-0.39, 0.29) is 16.6 Å². The Kier molecular flexibility index (Phi) is 2.44. The molecular formula is C6H5ClN2O3. The molecule has 0 fully saturated rings. The van der Waals surface area contributed by atoms with E-state index in [4.69, 9.17) is 11.6 Å². The Hall–Kier alpha value is -1.36. The first-order chi connectivity index (χ1) is 5.66. The smallest absolute Gasteiger partial charge is 0.349 e. The molecular weight excluding hydrogens is 184 g/mol. The minimum Gasteiger partial charge on any atom is -0.476 e. The predicted molar refractivity (Wildman–Crippen MR) is 42.5 cm³/mol. The molecule has 0 N–H and O–H groups in total. The highest BCUT2D eigenvalue weighted by Gasteiger charge is 2.20. The van der Waals surface area contributed by atoms with Gasteiger partial charge in [0.15, 0.2) is 0 Å². The number of halogens is 1. The standard InChI is InChI=1S/C6H5ClN2O3/c1-12-6-5(9(10)11)4(7)2-3-8-6/h2-3H,1H3. The first kappa shape index (κ1) is 8.73. The lowest BCUT2D eigenvalue weighted by molar-refractivity contribution is -0.386. The maximum absolute atomic E-state index is 10.4. The molecule has 0 aliphatic heterocycles. The molecule has 0 unspecified atom stereocenters. The number of ether oxygens (including phenoxy) is 1. The van der Waals surface area contributed by atoms with Gasteiger partial charge in [0.05, 0.1) is 12.0 Å². The molecule has 0 aliphatic carbocycles. The van der Waals surface area contributed by atoms with E-state index in [2.05, 4.69) is 9.72 Å². The summed E-state index contributed by atoms with van der Waals surface area (Å²) in [7, 11) is 1.30. The summed E-state index contributed by atoms with van der Waals surface area (Å²) in [5, 5.41) is 10.4. The van der Waals surface area contributed by atoms with Crippen LogP contribution in [0.3, 0.4) is 0 Å². The third-order valence-electron chi connectivity index (χ3n) is 1.22. The predicted octanol–water partition coefficient (Wildman–Crippen LogP) is 1.65. The van der Waals surface area contributed by atoms with Gasteiger partial charge in [0.2, 0.25) is 0 Å². The highest BCUT2D eigenvalue weighted by atomic mass is 35.5. The quantitative estimate of drug-likeness (QED) is 0.523. The van der Waals surface area contributed by atoms with Gasteiger partial charge in [0.25, 0.3) is 5.88 Å². The van der Waals surface area contributed by atoms with Gasteiger partial charge in [-0.15, -0.1) is 0 Å². The average molecular weight is 189 g/mol. The second-order valence-electron chi connectivity index (χ2n) is 1.91. The highest BCUT2D eigenvalue weighted by molar-refractivity contribution is 6.32. The van der Waals surface area contributed by atoms with Crippen LogP contribution in [-0.2, 0) is 0 Å². The summed E-state index contributed by atoms with van der Waals surface area (Å²) in [6, 6.07) is 1.34. The van der Waals surface area contributed by atoms with Crippen LogP contribution in [0.2, 0.25) is 5.02 Å². The number of aromatic nitrogens is 1. The Morgan fingerprint density at radius 2 is 2.42 bits per heavy atom. The zero-order valence-corrected chi connectivity index (χ0v) is 6.91. The van der Waals surface area contributed by atoms with Gasteiger partial charge in [-0.25, -0.2) is 4.98 Å². The normalized spacial score (nSPS) is 9.50. The van der Waals surface area contributed by atoms with Crippen LogP contribution in [0.1, 0.15) is 0 Å². The summed E-state index contributed by atoms with van der Waals surface area (Å²) < 4.78 is 4.65. The lowest BCUT2D eigenvalue weighted by Gasteiger charge is -1.99. The van der Waals surface area contributed by atoms with Crippen molar-refractivity contribution in [1.29, 1.82) is 0 Å². The van der Waals surface area contributed by atoms with Gasteiger partial charge in [-0.1, -0.05) is 11.6 Å². The Bertz CT molecular complexity index is 316. The number of nitro groups is 1. The molecule has 64 valence electrons. The zero-order valence-electron chi connectivity index (χ0n) is 6.15. The van der Waals surface area contributed by atoms with E-state index >= 15 is 0 Å². The number of rotatable bonds is 2. The molecule has 0 radical (unpaired) electrons. The largest absolute Gasteiger partial charge is 0.476 e. The van der Waals surface area contributed by atoms with Crippen LogP contribution in [-0.4, -0.2) is 17.0 Å². The second kappa shape index (κ2) is 3.36. The van der Waals surface area contributed by atoms with Crippen LogP contribution < -0.4 is 4.74 Å². The molecule has 0 saturated heterocycles. The van der Waals surface area contributed by atoms with Crippen molar-refractivity contribution in [3.8, 4) is 5.88 Å². The highest BCUT2D eigenvalue weighted by Crippen LogP contribution is 2.31. The Balaban J connectivity index is 3.29. The van der Waals surface area contributed by atoms with Crippen molar-refractivity contribution in [2.45, 2.75) is 0 Å². The van der Waals surface area contributed by atoms with E-state index in [1.54, 1.807) is 0 Å². The van der Waals surface area contributed by atoms with Gasteiger partial charge in [-0.2, -0.15) is 0 Å². The van der Waals surface area contributed by atoms with Gasteiger partial charge >= 0.3 is 5.69 Å². The SMILES string of the molecule is COc1nccc(Cl)c1[N+](=O)[O-]. The molecule has 5 nitrogen and oxygen atoms in total. The number of nitrogens with zero attached hydrogens (tertiary/aromatic N) is 2. The molecule has 0 saturated carbocycles. The number of hydrogen-bond acceptors (Lipinski definition) is 4. The van der Waals surface area contributed by atoms with Gasteiger partial charge in [0, 0.05) is 6.20 Å². The molecule has 0 amide bonds. The average Bonchev–Trinajstić information content (AvgIpc) is 2.03. The van der Waals surface area contributed by atoms with E-state index in [1.807, 2.05) is 0 Å². The van der Waals surface area contributed by atoms with Crippen LogP contribution >= 0.6 is 11.6 Å². The fourth-order valence-corrected chi connectivity index (χ4v) is 0.933. The van der Waals surface area contributed by atoms with Crippen LogP contribution in [0, 0.1) is 10.1 Å². The summed E-state index contributed by atoms with van der Waals surface area (Å²) >= 11 is 5.54. The van der Waals surface area contributed by atoms with Gasteiger partial charge < -0.3 is 4.74 Å². The lowest BCUT2D eigenvalue weighted by atomic mass is 10.4. The number of methoxy groups -OCH3 is 1. The maximum atomic E-state index is 10.4. The summed E-state index contributed by atoms with van der Waals surface area (Å²) in [6.45, 7) is 0. The maximum Gasteiger partial charge on any atom is 0.349 e. The molecule has 0 bridgehead atoms. The third kappa shape index (κ3) is 1.45. The van der Waals surface area contributed by atoms with Crippen molar-refractivity contribution in [3.63, 3.8) is 0 Å². The van der Waals surface area contributed by atoms with Crippen LogP contribution in [0.5, 0.6) is 5.88 Å². The van der Waals surface area contributed by atoms with Gasteiger partial charge in [-0.3, -0.25) is 10.1 Å². The van der Waals surface area contributed by atoms with Crippen molar-refractivity contribution >= 4 is 17.3 Å². The first-order valence-electron chi connectivity index (χ1n) is 2.99. The summed E-state index contributed by atoms with van der Waals surface area (Å²) in [4.78, 5) is 13.4. The molecule has 1 aromatic rings.